The maximum Gasteiger partial charge on any atom is 0.228 e. The molecule has 0 spiro atoms. The molecule has 3 rings (SSSR count). The predicted molar refractivity (Wildman–Crippen MR) is 92.0 cm³/mol. The number of hydrogen-bond acceptors (Lipinski definition) is 5. The third-order valence-corrected chi connectivity index (χ3v) is 4.80. The van der Waals surface area contributed by atoms with Gasteiger partial charge in [0.15, 0.2) is 11.5 Å². The number of carbonyl (C=O) groups is 2. The van der Waals surface area contributed by atoms with Gasteiger partial charge in [0.2, 0.25) is 11.8 Å². The molecule has 25 heavy (non-hydrogen) atoms. The van der Waals surface area contributed by atoms with Crippen LogP contribution in [0.3, 0.4) is 0 Å². The summed E-state index contributed by atoms with van der Waals surface area (Å²) in [4.78, 5) is 28.8. The van der Waals surface area contributed by atoms with Crippen LogP contribution in [-0.2, 0) is 14.3 Å². The molecule has 2 atom stereocenters. The Morgan fingerprint density at radius 2 is 2.00 bits per heavy atom. The van der Waals surface area contributed by atoms with Crippen molar-refractivity contribution in [2.24, 2.45) is 5.92 Å². The number of rotatable bonds is 4. The van der Waals surface area contributed by atoms with Crippen molar-refractivity contribution < 1.29 is 23.8 Å². The Morgan fingerprint density at radius 3 is 2.68 bits per heavy atom. The lowest BCUT2D eigenvalue weighted by Gasteiger charge is -2.34. The van der Waals surface area contributed by atoms with Crippen LogP contribution in [0.2, 0.25) is 0 Å². The molecular weight excluding hydrogens is 324 g/mol. The van der Waals surface area contributed by atoms with Crippen LogP contribution < -0.4 is 14.4 Å². The summed E-state index contributed by atoms with van der Waals surface area (Å²) in [7, 11) is 3.12. The molecular formula is C18H24N2O5. The first-order valence-electron chi connectivity index (χ1n) is 8.45. The van der Waals surface area contributed by atoms with Crippen LogP contribution in [0.5, 0.6) is 11.5 Å². The van der Waals surface area contributed by atoms with Crippen molar-refractivity contribution in [1.82, 2.24) is 4.90 Å². The maximum atomic E-state index is 12.8. The lowest BCUT2D eigenvalue weighted by molar-refractivity contribution is -0.143. The van der Waals surface area contributed by atoms with Crippen molar-refractivity contribution >= 4 is 17.5 Å². The van der Waals surface area contributed by atoms with E-state index < -0.39 is 0 Å². The number of nitrogens with zero attached hydrogens (tertiary/aromatic N) is 2. The molecule has 7 nitrogen and oxygen atoms in total. The fraction of sp³-hybridized carbons (Fsp3) is 0.556. The van der Waals surface area contributed by atoms with Gasteiger partial charge in [0.25, 0.3) is 0 Å². The summed E-state index contributed by atoms with van der Waals surface area (Å²) in [5.41, 5.74) is 0.716. The first-order chi connectivity index (χ1) is 12.0. The molecule has 2 amide bonds. The van der Waals surface area contributed by atoms with Gasteiger partial charge in [-0.2, -0.15) is 0 Å². The van der Waals surface area contributed by atoms with E-state index in [9.17, 15) is 9.59 Å². The smallest absolute Gasteiger partial charge is 0.228 e. The molecule has 1 aromatic carbocycles. The fourth-order valence-corrected chi connectivity index (χ4v) is 3.40. The van der Waals surface area contributed by atoms with Crippen molar-refractivity contribution in [2.45, 2.75) is 19.4 Å². The van der Waals surface area contributed by atoms with E-state index in [4.69, 9.17) is 14.2 Å². The van der Waals surface area contributed by atoms with Crippen molar-refractivity contribution in [3.05, 3.63) is 18.2 Å². The Balaban J connectivity index is 1.75. The Bertz CT molecular complexity index is 663. The number of carbonyl (C=O) groups excluding carboxylic acids is 2. The summed E-state index contributed by atoms with van der Waals surface area (Å²) in [6.45, 7) is 4.04. The molecule has 0 unspecified atom stereocenters. The van der Waals surface area contributed by atoms with Crippen LogP contribution >= 0.6 is 0 Å². The first-order valence-corrected chi connectivity index (χ1v) is 8.45. The van der Waals surface area contributed by atoms with E-state index in [1.165, 1.54) is 0 Å². The largest absolute Gasteiger partial charge is 0.493 e. The SMILES string of the molecule is COc1ccc(N2C[C@@H](C(=O)N3CCOC[C@@H]3C)CC2=O)cc1OC. The zero-order chi connectivity index (χ0) is 18.0. The molecule has 0 N–H and O–H groups in total. The van der Waals surface area contributed by atoms with Crippen LogP contribution in [0, 0.1) is 5.92 Å². The topological polar surface area (TPSA) is 68.3 Å². The molecule has 0 bridgehead atoms. The van der Waals surface area contributed by atoms with Crippen LogP contribution in [0.25, 0.3) is 0 Å². The number of ether oxygens (including phenoxy) is 3. The highest BCUT2D eigenvalue weighted by Crippen LogP contribution is 2.34. The predicted octanol–water partition coefficient (Wildman–Crippen LogP) is 1.30. The minimum Gasteiger partial charge on any atom is -0.493 e. The summed E-state index contributed by atoms with van der Waals surface area (Å²) in [6.07, 6.45) is 0.233. The molecule has 136 valence electrons. The zero-order valence-corrected chi connectivity index (χ0v) is 14.9. The van der Waals surface area contributed by atoms with Gasteiger partial charge in [0.1, 0.15) is 0 Å². The Labute approximate surface area is 147 Å². The molecule has 2 saturated heterocycles. The minimum atomic E-state index is -0.318. The third kappa shape index (κ3) is 3.42. The third-order valence-electron chi connectivity index (χ3n) is 4.80. The van der Waals surface area contributed by atoms with Gasteiger partial charge in [-0.05, 0) is 19.1 Å². The van der Waals surface area contributed by atoms with E-state index in [-0.39, 0.29) is 30.2 Å². The second-order valence-electron chi connectivity index (χ2n) is 6.40. The quantitative estimate of drug-likeness (QED) is 0.820. The molecule has 2 aliphatic rings. The van der Waals surface area contributed by atoms with Crippen molar-refractivity contribution in [3.8, 4) is 11.5 Å². The van der Waals surface area contributed by atoms with Gasteiger partial charge in [-0.25, -0.2) is 0 Å². The van der Waals surface area contributed by atoms with E-state index in [1.54, 1.807) is 31.3 Å². The molecule has 0 saturated carbocycles. The molecule has 0 aliphatic carbocycles. The van der Waals surface area contributed by atoms with Crippen LogP contribution in [0.1, 0.15) is 13.3 Å². The minimum absolute atomic E-state index is 0.0344. The van der Waals surface area contributed by atoms with Crippen molar-refractivity contribution in [2.75, 3.05) is 45.4 Å². The summed E-state index contributed by atoms with van der Waals surface area (Å²) < 4.78 is 15.9. The number of hydrogen-bond donors (Lipinski definition) is 0. The molecule has 2 fully saturated rings. The highest BCUT2D eigenvalue weighted by Gasteiger charge is 2.39. The summed E-state index contributed by atoms with van der Waals surface area (Å²) in [6, 6.07) is 5.39. The number of benzene rings is 1. The van der Waals surface area contributed by atoms with Crippen molar-refractivity contribution in [3.63, 3.8) is 0 Å². The molecule has 1 aromatic rings. The number of amides is 2. The van der Waals surface area contributed by atoms with E-state index >= 15 is 0 Å². The number of morpholine rings is 1. The Morgan fingerprint density at radius 1 is 1.24 bits per heavy atom. The zero-order valence-electron chi connectivity index (χ0n) is 14.9. The van der Waals surface area contributed by atoms with Crippen LogP contribution in [0.4, 0.5) is 5.69 Å². The average molecular weight is 348 g/mol. The van der Waals surface area contributed by atoms with Crippen LogP contribution in [-0.4, -0.2) is 63.3 Å². The summed E-state index contributed by atoms with van der Waals surface area (Å²) in [5, 5.41) is 0. The first kappa shape index (κ1) is 17.5. The maximum absolute atomic E-state index is 12.8. The second-order valence-corrected chi connectivity index (χ2v) is 6.40. The Kier molecular flexibility index (Phi) is 5.13. The van der Waals surface area contributed by atoms with Crippen molar-refractivity contribution in [1.29, 1.82) is 0 Å². The van der Waals surface area contributed by atoms with Gasteiger partial charge in [0, 0.05) is 31.3 Å². The molecule has 0 radical (unpaired) electrons. The van der Waals surface area contributed by atoms with Gasteiger partial charge in [-0.3, -0.25) is 9.59 Å². The summed E-state index contributed by atoms with van der Waals surface area (Å²) >= 11 is 0. The van der Waals surface area contributed by atoms with Gasteiger partial charge >= 0.3 is 0 Å². The van der Waals surface area contributed by atoms with E-state index in [2.05, 4.69) is 0 Å². The normalized spacial score (nSPS) is 23.7. The van der Waals surface area contributed by atoms with E-state index in [0.717, 1.165) is 0 Å². The standard InChI is InChI=1S/C18H24N2O5/c1-12-11-25-7-6-19(12)18(22)13-8-17(21)20(10-13)14-4-5-15(23-2)16(9-14)24-3/h4-5,9,12-13H,6-8,10-11H2,1-3H3/t12-,13-/m0/s1. The number of methoxy groups -OCH3 is 2. The van der Waals surface area contributed by atoms with E-state index in [0.29, 0.717) is 43.5 Å². The van der Waals surface area contributed by atoms with Gasteiger partial charge in [-0.1, -0.05) is 0 Å². The molecule has 7 heteroatoms. The fourth-order valence-electron chi connectivity index (χ4n) is 3.40. The van der Waals surface area contributed by atoms with Gasteiger partial charge in [0.05, 0.1) is 39.4 Å². The molecule has 2 aliphatic heterocycles. The van der Waals surface area contributed by atoms with Gasteiger partial charge < -0.3 is 24.0 Å². The van der Waals surface area contributed by atoms with Crippen LogP contribution in [0.15, 0.2) is 18.2 Å². The Hall–Kier alpha value is -2.28. The lowest BCUT2D eigenvalue weighted by atomic mass is 10.1. The summed E-state index contributed by atoms with van der Waals surface area (Å²) in [5.74, 6) is 0.830. The number of anilines is 1. The van der Waals surface area contributed by atoms with E-state index in [1.807, 2.05) is 17.9 Å². The monoisotopic (exact) mass is 348 g/mol. The molecule has 0 aromatic heterocycles. The van der Waals surface area contributed by atoms with Gasteiger partial charge in [-0.15, -0.1) is 0 Å². The average Bonchev–Trinajstić information content (AvgIpc) is 3.02. The highest BCUT2D eigenvalue weighted by molar-refractivity contribution is 6.00. The second kappa shape index (κ2) is 7.31. The molecule has 2 heterocycles. The lowest BCUT2D eigenvalue weighted by Crippen LogP contribution is -2.49. The highest BCUT2D eigenvalue weighted by atomic mass is 16.5.